The molecular formula is C16H17ClN2O3S. The quantitative estimate of drug-likeness (QED) is 0.848. The van der Waals surface area contributed by atoms with Gasteiger partial charge in [-0.2, -0.15) is 4.31 Å². The third kappa shape index (κ3) is 3.83. The molecule has 5 nitrogen and oxygen atoms in total. The van der Waals surface area contributed by atoms with Gasteiger partial charge in [-0.15, -0.1) is 0 Å². The smallest absolute Gasteiger partial charge is 0.243 e. The Labute approximate surface area is 140 Å². The normalized spacial score (nSPS) is 19.4. The zero-order chi connectivity index (χ0) is 16.3. The second-order valence-corrected chi connectivity index (χ2v) is 7.76. The van der Waals surface area contributed by atoms with Crippen molar-refractivity contribution in [2.24, 2.45) is 0 Å². The topological polar surface area (TPSA) is 59.5 Å². The summed E-state index contributed by atoms with van der Waals surface area (Å²) >= 11 is 5.83. The molecule has 1 saturated heterocycles. The highest BCUT2D eigenvalue weighted by atomic mass is 35.5. The van der Waals surface area contributed by atoms with Crippen LogP contribution in [-0.4, -0.2) is 36.9 Å². The van der Waals surface area contributed by atoms with Crippen LogP contribution in [0.25, 0.3) is 0 Å². The number of pyridine rings is 1. The first-order chi connectivity index (χ1) is 11.1. The van der Waals surface area contributed by atoms with E-state index in [9.17, 15) is 8.42 Å². The molecule has 0 bridgehead atoms. The van der Waals surface area contributed by atoms with Gasteiger partial charge in [0, 0.05) is 24.0 Å². The molecule has 23 heavy (non-hydrogen) atoms. The van der Waals surface area contributed by atoms with Gasteiger partial charge in [-0.1, -0.05) is 11.6 Å². The molecule has 1 aliphatic heterocycles. The van der Waals surface area contributed by atoms with Gasteiger partial charge in [-0.25, -0.2) is 8.42 Å². The summed E-state index contributed by atoms with van der Waals surface area (Å²) in [6.45, 7) is 0.842. The number of aromatic nitrogens is 1. The molecule has 1 fully saturated rings. The van der Waals surface area contributed by atoms with E-state index in [2.05, 4.69) is 4.98 Å². The highest BCUT2D eigenvalue weighted by molar-refractivity contribution is 7.89. The monoisotopic (exact) mass is 352 g/mol. The average Bonchev–Trinajstić information content (AvgIpc) is 2.56. The van der Waals surface area contributed by atoms with E-state index >= 15 is 0 Å². The molecule has 0 amide bonds. The van der Waals surface area contributed by atoms with Crippen LogP contribution in [0.15, 0.2) is 53.7 Å². The summed E-state index contributed by atoms with van der Waals surface area (Å²) in [4.78, 5) is 4.20. The number of piperidine rings is 1. The first kappa shape index (κ1) is 16.2. The van der Waals surface area contributed by atoms with E-state index in [-0.39, 0.29) is 11.0 Å². The van der Waals surface area contributed by atoms with Crippen molar-refractivity contribution in [1.29, 1.82) is 0 Å². The first-order valence-corrected chi connectivity index (χ1v) is 9.20. The van der Waals surface area contributed by atoms with Gasteiger partial charge in [0.25, 0.3) is 0 Å². The van der Waals surface area contributed by atoms with Crippen LogP contribution in [-0.2, 0) is 10.0 Å². The third-order valence-corrected chi connectivity index (χ3v) is 5.88. The molecule has 0 spiro atoms. The summed E-state index contributed by atoms with van der Waals surface area (Å²) in [5, 5.41) is 0.515. The van der Waals surface area contributed by atoms with Crippen LogP contribution in [0.5, 0.6) is 5.75 Å². The van der Waals surface area contributed by atoms with Gasteiger partial charge in [0.15, 0.2) is 0 Å². The van der Waals surface area contributed by atoms with Gasteiger partial charge in [0.05, 0.1) is 11.4 Å². The number of halogens is 1. The SMILES string of the molecule is O=S(=O)(c1ccc(Cl)cc1)N1CCCC(Oc2ccncc2)C1. The lowest BCUT2D eigenvalue weighted by Gasteiger charge is -2.32. The van der Waals surface area contributed by atoms with Crippen LogP contribution in [0.3, 0.4) is 0 Å². The van der Waals surface area contributed by atoms with Crippen molar-refractivity contribution in [2.75, 3.05) is 13.1 Å². The molecule has 2 aromatic rings. The second-order valence-electron chi connectivity index (χ2n) is 5.38. The van der Waals surface area contributed by atoms with Gasteiger partial charge < -0.3 is 4.74 Å². The first-order valence-electron chi connectivity index (χ1n) is 7.38. The fraction of sp³-hybridized carbons (Fsp3) is 0.312. The van der Waals surface area contributed by atoms with Crippen LogP contribution in [0.2, 0.25) is 5.02 Å². The Balaban J connectivity index is 1.74. The number of nitrogens with zero attached hydrogens (tertiary/aromatic N) is 2. The molecule has 1 aromatic heterocycles. The Morgan fingerprint density at radius 3 is 2.52 bits per heavy atom. The highest BCUT2D eigenvalue weighted by Crippen LogP contribution is 2.24. The molecule has 1 unspecified atom stereocenters. The minimum Gasteiger partial charge on any atom is -0.489 e. The lowest BCUT2D eigenvalue weighted by Crippen LogP contribution is -2.44. The van der Waals surface area contributed by atoms with Crippen molar-refractivity contribution in [3.8, 4) is 5.75 Å². The van der Waals surface area contributed by atoms with Gasteiger partial charge in [-0.05, 0) is 49.2 Å². The van der Waals surface area contributed by atoms with Crippen molar-refractivity contribution in [3.05, 3.63) is 53.8 Å². The maximum Gasteiger partial charge on any atom is 0.243 e. The van der Waals surface area contributed by atoms with Crippen molar-refractivity contribution in [2.45, 2.75) is 23.8 Å². The Hall–Kier alpha value is -1.63. The van der Waals surface area contributed by atoms with Crippen LogP contribution in [0, 0.1) is 0 Å². The zero-order valence-corrected chi connectivity index (χ0v) is 14.0. The predicted octanol–water partition coefficient (Wildman–Crippen LogP) is 2.97. The molecule has 3 rings (SSSR count). The van der Waals surface area contributed by atoms with Gasteiger partial charge in [-0.3, -0.25) is 4.98 Å². The van der Waals surface area contributed by atoms with Crippen LogP contribution in [0.4, 0.5) is 0 Å². The van der Waals surface area contributed by atoms with Crippen LogP contribution >= 0.6 is 11.6 Å². The van der Waals surface area contributed by atoms with Crippen molar-refractivity contribution >= 4 is 21.6 Å². The third-order valence-electron chi connectivity index (χ3n) is 3.74. The highest BCUT2D eigenvalue weighted by Gasteiger charge is 2.31. The summed E-state index contributed by atoms with van der Waals surface area (Å²) in [6, 6.07) is 9.78. The molecular weight excluding hydrogens is 336 g/mol. The molecule has 122 valence electrons. The summed E-state index contributed by atoms with van der Waals surface area (Å²) in [5.41, 5.74) is 0. The number of hydrogen-bond donors (Lipinski definition) is 0. The second kappa shape index (κ2) is 6.86. The molecule has 7 heteroatoms. The Kier molecular flexibility index (Phi) is 4.84. The molecule has 1 aliphatic rings. The number of rotatable bonds is 4. The fourth-order valence-corrected chi connectivity index (χ4v) is 4.22. The van der Waals surface area contributed by atoms with E-state index in [0.29, 0.717) is 23.9 Å². The summed E-state index contributed by atoms with van der Waals surface area (Å²) in [6.07, 6.45) is 4.74. The van der Waals surface area contributed by atoms with E-state index in [1.807, 2.05) is 0 Å². The zero-order valence-electron chi connectivity index (χ0n) is 12.4. The summed E-state index contributed by atoms with van der Waals surface area (Å²) < 4.78 is 32.8. The van der Waals surface area contributed by atoms with Gasteiger partial charge >= 0.3 is 0 Å². The van der Waals surface area contributed by atoms with E-state index in [4.69, 9.17) is 16.3 Å². The lowest BCUT2D eigenvalue weighted by atomic mass is 10.1. The minimum atomic E-state index is -3.52. The number of hydrogen-bond acceptors (Lipinski definition) is 4. The largest absolute Gasteiger partial charge is 0.489 e. The summed E-state index contributed by atoms with van der Waals surface area (Å²) in [5.74, 6) is 0.704. The molecule has 1 atom stereocenters. The average molecular weight is 353 g/mol. The number of sulfonamides is 1. The molecule has 1 aromatic carbocycles. The van der Waals surface area contributed by atoms with Crippen molar-refractivity contribution in [3.63, 3.8) is 0 Å². The minimum absolute atomic E-state index is 0.159. The molecule has 0 radical (unpaired) electrons. The lowest BCUT2D eigenvalue weighted by molar-refractivity contribution is 0.129. The van der Waals surface area contributed by atoms with Gasteiger partial charge in [0.1, 0.15) is 11.9 Å². The van der Waals surface area contributed by atoms with Crippen molar-refractivity contribution < 1.29 is 13.2 Å². The van der Waals surface area contributed by atoms with Gasteiger partial charge in [0.2, 0.25) is 10.0 Å². The maximum atomic E-state index is 12.7. The Morgan fingerprint density at radius 1 is 1.13 bits per heavy atom. The Bertz CT molecular complexity index is 751. The maximum absolute atomic E-state index is 12.7. The standard InChI is InChI=1S/C16H17ClN2O3S/c17-13-3-5-16(6-4-13)23(20,21)19-11-1-2-15(12-19)22-14-7-9-18-10-8-14/h3-10,15H,1-2,11-12H2. The van der Waals surface area contributed by atoms with Crippen LogP contribution in [0.1, 0.15) is 12.8 Å². The van der Waals surface area contributed by atoms with E-state index < -0.39 is 10.0 Å². The van der Waals surface area contributed by atoms with E-state index in [1.54, 1.807) is 36.7 Å². The molecule has 0 aliphatic carbocycles. The predicted molar refractivity (Wildman–Crippen MR) is 88.1 cm³/mol. The number of benzene rings is 1. The van der Waals surface area contributed by atoms with E-state index in [1.165, 1.54) is 16.4 Å². The fourth-order valence-electron chi connectivity index (χ4n) is 2.58. The molecule has 0 saturated carbocycles. The number of ether oxygens (including phenoxy) is 1. The summed E-state index contributed by atoms with van der Waals surface area (Å²) in [7, 11) is -3.52. The van der Waals surface area contributed by atoms with E-state index in [0.717, 1.165) is 12.8 Å². The molecule has 2 heterocycles. The Morgan fingerprint density at radius 2 is 1.83 bits per heavy atom. The van der Waals surface area contributed by atoms with Crippen molar-refractivity contribution in [1.82, 2.24) is 9.29 Å². The molecule has 0 N–H and O–H groups in total. The van der Waals surface area contributed by atoms with Crippen LogP contribution < -0.4 is 4.74 Å².